The topological polar surface area (TPSA) is 80.0 Å². The van der Waals surface area contributed by atoms with Gasteiger partial charge in [0, 0.05) is 16.7 Å². The maximum Gasteiger partial charge on any atom is 0.315 e. The third-order valence-corrected chi connectivity index (χ3v) is 6.22. The molecule has 0 unspecified atom stereocenters. The fraction of sp³-hybridized carbons (Fsp3) is 0.588. The van der Waals surface area contributed by atoms with Crippen molar-refractivity contribution in [2.75, 3.05) is 0 Å². The van der Waals surface area contributed by atoms with Crippen LogP contribution in [0.5, 0.6) is 0 Å². The molecule has 1 saturated carbocycles. The first kappa shape index (κ1) is 15.6. The molecule has 4 rings (SSSR count). The van der Waals surface area contributed by atoms with Crippen LogP contribution in [0.3, 0.4) is 0 Å². The van der Waals surface area contributed by atoms with Gasteiger partial charge in [0.2, 0.25) is 5.89 Å². The van der Waals surface area contributed by atoms with E-state index in [1.807, 2.05) is 11.3 Å². The molecule has 24 heavy (non-hydrogen) atoms. The first-order valence-electron chi connectivity index (χ1n) is 8.62. The van der Waals surface area contributed by atoms with Crippen molar-refractivity contribution in [2.24, 2.45) is 0 Å². The van der Waals surface area contributed by atoms with Crippen LogP contribution < -0.4 is 10.6 Å². The lowest BCUT2D eigenvalue weighted by molar-refractivity contribution is 0.220. The highest BCUT2D eigenvalue weighted by Gasteiger charge is 2.41. The van der Waals surface area contributed by atoms with E-state index in [9.17, 15) is 4.79 Å². The average molecular weight is 346 g/mol. The number of aromatic nitrogens is 2. The minimum absolute atomic E-state index is 0.159. The summed E-state index contributed by atoms with van der Waals surface area (Å²) >= 11 is 1.82. The van der Waals surface area contributed by atoms with Crippen molar-refractivity contribution in [3.63, 3.8) is 0 Å². The molecule has 2 aliphatic rings. The summed E-state index contributed by atoms with van der Waals surface area (Å²) in [6, 6.07) is 2.08. The van der Waals surface area contributed by atoms with Crippen molar-refractivity contribution in [3.8, 4) is 0 Å². The third-order valence-electron chi connectivity index (χ3n) is 4.99. The molecule has 0 atom stereocenters. The monoisotopic (exact) mass is 346 g/mol. The van der Waals surface area contributed by atoms with Crippen molar-refractivity contribution < 1.29 is 9.32 Å². The molecule has 0 spiro atoms. The van der Waals surface area contributed by atoms with Crippen molar-refractivity contribution in [2.45, 2.75) is 64.0 Å². The molecule has 0 bridgehead atoms. The van der Waals surface area contributed by atoms with Crippen LogP contribution in [0.2, 0.25) is 0 Å². The largest absolute Gasteiger partial charge is 0.340 e. The molecule has 2 aromatic heterocycles. The van der Waals surface area contributed by atoms with Crippen molar-refractivity contribution in [1.82, 2.24) is 20.8 Å². The van der Waals surface area contributed by atoms with E-state index in [1.54, 1.807) is 6.92 Å². The van der Waals surface area contributed by atoms with Crippen LogP contribution in [0.25, 0.3) is 0 Å². The van der Waals surface area contributed by atoms with E-state index < -0.39 is 5.54 Å². The Morgan fingerprint density at radius 1 is 1.33 bits per heavy atom. The summed E-state index contributed by atoms with van der Waals surface area (Å²) in [4.78, 5) is 19.5. The molecule has 2 amide bonds. The second-order valence-corrected chi connectivity index (χ2v) is 7.97. The Kier molecular flexibility index (Phi) is 4.04. The van der Waals surface area contributed by atoms with E-state index in [4.69, 9.17) is 4.52 Å². The van der Waals surface area contributed by atoms with Gasteiger partial charge in [-0.15, -0.1) is 11.3 Å². The second-order valence-electron chi connectivity index (χ2n) is 6.75. The molecule has 7 heteroatoms. The lowest BCUT2D eigenvalue weighted by Gasteiger charge is -2.26. The lowest BCUT2D eigenvalue weighted by Crippen LogP contribution is -2.48. The number of carbonyl (C=O) groups excluding carboxylic acids is 1. The van der Waals surface area contributed by atoms with Crippen LogP contribution in [-0.4, -0.2) is 16.2 Å². The van der Waals surface area contributed by atoms with Gasteiger partial charge in [-0.05, 0) is 43.7 Å². The summed E-state index contributed by atoms with van der Waals surface area (Å²) in [5, 5.41) is 10.1. The molecule has 2 N–H and O–H groups in total. The quantitative estimate of drug-likeness (QED) is 0.891. The summed E-state index contributed by atoms with van der Waals surface area (Å²) in [5.41, 5.74) is 0.978. The first-order valence-corrected chi connectivity index (χ1v) is 9.44. The fourth-order valence-electron chi connectivity index (χ4n) is 3.78. The van der Waals surface area contributed by atoms with Crippen LogP contribution >= 0.6 is 11.3 Å². The zero-order chi connectivity index (χ0) is 16.6. The molecular weight excluding hydrogens is 324 g/mol. The normalized spacial score (nSPS) is 18.5. The zero-order valence-electron chi connectivity index (χ0n) is 13.9. The standard InChI is InChI=1S/C17H22N4O2S/c1-11-19-15(21-23-11)17(7-2-3-8-17)20-16(22)18-10-13-9-12-5-4-6-14(12)24-13/h9H,2-8,10H2,1H3,(H2,18,20,22). The van der Waals surface area contributed by atoms with Crippen LogP contribution in [-0.2, 0) is 24.9 Å². The molecule has 128 valence electrons. The molecule has 0 aliphatic heterocycles. The zero-order valence-corrected chi connectivity index (χ0v) is 14.7. The van der Waals surface area contributed by atoms with Crippen molar-refractivity contribution in [1.29, 1.82) is 0 Å². The number of nitrogens with one attached hydrogen (secondary N) is 2. The van der Waals surface area contributed by atoms with Crippen LogP contribution in [0.4, 0.5) is 4.79 Å². The Bertz CT molecular complexity index is 724. The van der Waals surface area contributed by atoms with Crippen molar-refractivity contribution in [3.05, 3.63) is 33.1 Å². The van der Waals surface area contributed by atoms with Crippen molar-refractivity contribution >= 4 is 17.4 Å². The summed E-state index contributed by atoms with van der Waals surface area (Å²) in [6.45, 7) is 2.35. The molecule has 6 nitrogen and oxygen atoms in total. The van der Waals surface area contributed by atoms with Gasteiger partial charge in [0.25, 0.3) is 0 Å². The number of rotatable bonds is 4. The summed E-state index contributed by atoms with van der Waals surface area (Å²) in [7, 11) is 0. The Morgan fingerprint density at radius 3 is 2.88 bits per heavy atom. The molecule has 0 aromatic carbocycles. The Labute approximate surface area is 145 Å². The summed E-state index contributed by atoms with van der Waals surface area (Å²) in [5.74, 6) is 1.13. The molecule has 2 aliphatic carbocycles. The number of thiophene rings is 1. The third kappa shape index (κ3) is 2.92. The number of amides is 2. The average Bonchev–Trinajstić information content (AvgIpc) is 3.28. The van der Waals surface area contributed by atoms with E-state index in [-0.39, 0.29) is 6.03 Å². The number of hydrogen-bond donors (Lipinski definition) is 2. The van der Waals surface area contributed by atoms with Gasteiger partial charge >= 0.3 is 6.03 Å². The number of urea groups is 1. The minimum Gasteiger partial charge on any atom is -0.340 e. The van der Waals surface area contributed by atoms with Gasteiger partial charge in [0.05, 0.1) is 6.54 Å². The SMILES string of the molecule is Cc1nc(C2(NC(=O)NCc3cc4c(s3)CCC4)CCCC2)no1. The van der Waals surface area contributed by atoms with E-state index in [2.05, 4.69) is 26.8 Å². The Morgan fingerprint density at radius 2 is 2.17 bits per heavy atom. The van der Waals surface area contributed by atoms with Crippen LogP contribution in [0.15, 0.2) is 10.6 Å². The number of nitrogens with zero attached hydrogens (tertiary/aromatic N) is 2. The highest BCUT2D eigenvalue weighted by Crippen LogP contribution is 2.37. The van der Waals surface area contributed by atoms with Gasteiger partial charge in [-0.3, -0.25) is 0 Å². The highest BCUT2D eigenvalue weighted by molar-refractivity contribution is 7.12. The fourth-order valence-corrected chi connectivity index (χ4v) is 4.98. The van der Waals surface area contributed by atoms with E-state index in [0.29, 0.717) is 18.3 Å². The second kappa shape index (κ2) is 6.20. The van der Waals surface area contributed by atoms with E-state index in [0.717, 1.165) is 25.7 Å². The minimum atomic E-state index is -0.487. The number of carbonyl (C=O) groups is 1. The molecular formula is C17H22N4O2S. The van der Waals surface area contributed by atoms with Gasteiger partial charge in [-0.1, -0.05) is 18.0 Å². The number of fused-ring (bicyclic) bond motifs is 1. The Balaban J connectivity index is 1.40. The Hall–Kier alpha value is -1.89. The predicted octanol–water partition coefficient (Wildman–Crippen LogP) is 3.20. The number of hydrogen-bond acceptors (Lipinski definition) is 5. The van der Waals surface area contributed by atoms with Gasteiger partial charge < -0.3 is 15.2 Å². The predicted molar refractivity (Wildman–Crippen MR) is 90.9 cm³/mol. The highest BCUT2D eigenvalue weighted by atomic mass is 32.1. The molecule has 0 saturated heterocycles. The van der Waals surface area contributed by atoms with Gasteiger partial charge in [-0.25, -0.2) is 4.79 Å². The maximum absolute atomic E-state index is 12.4. The smallest absolute Gasteiger partial charge is 0.315 e. The lowest BCUT2D eigenvalue weighted by atomic mass is 9.97. The first-order chi connectivity index (χ1) is 11.6. The van der Waals surface area contributed by atoms with E-state index >= 15 is 0 Å². The summed E-state index contributed by atoms with van der Waals surface area (Å²) in [6.07, 6.45) is 7.46. The summed E-state index contributed by atoms with van der Waals surface area (Å²) < 4.78 is 5.12. The van der Waals surface area contributed by atoms with Gasteiger partial charge in [0.1, 0.15) is 5.54 Å². The van der Waals surface area contributed by atoms with Crippen LogP contribution in [0, 0.1) is 6.92 Å². The van der Waals surface area contributed by atoms with E-state index in [1.165, 1.54) is 34.6 Å². The maximum atomic E-state index is 12.4. The number of aryl methyl sites for hydroxylation is 3. The van der Waals surface area contributed by atoms with Crippen LogP contribution in [0.1, 0.15) is 59.1 Å². The molecule has 1 fully saturated rings. The van der Waals surface area contributed by atoms with Gasteiger partial charge in [-0.2, -0.15) is 4.98 Å². The molecule has 0 radical (unpaired) electrons. The molecule has 2 heterocycles. The van der Waals surface area contributed by atoms with Gasteiger partial charge in [0.15, 0.2) is 5.82 Å². The molecule has 2 aromatic rings.